The molecule has 0 bridgehead atoms. The Kier molecular flexibility index (Phi) is 11.5. The third-order valence-electron chi connectivity index (χ3n) is 8.04. The maximum absolute atomic E-state index is 16.5. The van der Waals surface area contributed by atoms with Crippen LogP contribution >= 0.6 is 11.6 Å². The SMILES string of the molecule is CC1(C)C2=CC(=N)C=CC2=C(c2c(F)c(C(=O)NCCOCCOCCCCCCCl)c(F)c(F)c2C(=O)O)c2ccc(N)cc21. The molecule has 246 valence electrons. The van der Waals surface area contributed by atoms with Gasteiger partial charge in [0.05, 0.1) is 25.5 Å². The summed E-state index contributed by atoms with van der Waals surface area (Å²) in [7, 11) is 0. The zero-order valence-electron chi connectivity index (χ0n) is 25.7. The number of alkyl halides is 1. The van der Waals surface area contributed by atoms with Gasteiger partial charge in [-0.15, -0.1) is 11.6 Å². The van der Waals surface area contributed by atoms with Gasteiger partial charge < -0.3 is 31.0 Å². The van der Waals surface area contributed by atoms with Crippen LogP contribution in [-0.2, 0) is 14.9 Å². The number of benzene rings is 2. The number of carbonyl (C=O) groups is 2. The highest BCUT2D eigenvalue weighted by atomic mass is 35.5. The van der Waals surface area contributed by atoms with E-state index in [9.17, 15) is 14.7 Å². The maximum atomic E-state index is 16.5. The van der Waals surface area contributed by atoms with Gasteiger partial charge in [0.2, 0.25) is 0 Å². The van der Waals surface area contributed by atoms with Gasteiger partial charge in [0.1, 0.15) is 16.9 Å². The maximum Gasteiger partial charge on any atom is 0.339 e. The molecule has 8 nitrogen and oxygen atoms in total. The summed E-state index contributed by atoms with van der Waals surface area (Å²) in [6.07, 6.45) is 8.39. The van der Waals surface area contributed by atoms with Gasteiger partial charge in [-0.1, -0.05) is 38.8 Å². The topological polar surface area (TPSA) is 135 Å². The minimum atomic E-state index is -1.92. The Morgan fingerprint density at radius 1 is 0.957 bits per heavy atom. The molecule has 0 fully saturated rings. The summed E-state index contributed by atoms with van der Waals surface area (Å²) in [6.45, 7) is 4.67. The normalized spacial score (nSPS) is 15.0. The zero-order valence-corrected chi connectivity index (χ0v) is 26.5. The average Bonchev–Trinajstić information content (AvgIpc) is 3.00. The number of anilines is 1. The molecule has 0 spiro atoms. The molecule has 2 aromatic rings. The summed E-state index contributed by atoms with van der Waals surface area (Å²) < 4.78 is 58.2. The number of ether oxygens (including phenoxy) is 2. The van der Waals surface area contributed by atoms with Gasteiger partial charge >= 0.3 is 5.97 Å². The van der Waals surface area contributed by atoms with Crippen LogP contribution in [-0.4, -0.2) is 61.5 Å². The summed E-state index contributed by atoms with van der Waals surface area (Å²) in [6, 6.07) is 4.71. The summed E-state index contributed by atoms with van der Waals surface area (Å²) in [4.78, 5) is 25.4. The third-order valence-corrected chi connectivity index (χ3v) is 8.30. The Labute approximate surface area is 270 Å². The van der Waals surface area contributed by atoms with Crippen LogP contribution in [0.3, 0.4) is 0 Å². The van der Waals surface area contributed by atoms with Gasteiger partial charge in [0.15, 0.2) is 11.6 Å². The zero-order chi connectivity index (χ0) is 33.6. The van der Waals surface area contributed by atoms with Crippen molar-refractivity contribution in [3.8, 4) is 0 Å². The van der Waals surface area contributed by atoms with Crippen LogP contribution in [0.1, 0.15) is 76.9 Å². The highest BCUT2D eigenvalue weighted by Crippen LogP contribution is 2.51. The standard InChI is InChI=1S/C34H37ClF3N3O5/c1-34(2)23-17-19(39)7-9-21(23)25(22-10-8-20(40)18-24(22)34)26-27(33(43)44)30(37)31(38)28(29(26)36)32(42)41-12-14-46-16-15-45-13-6-4-3-5-11-35/h7-10,17-18,39H,3-6,11-16,40H2,1-2H3,(H,41,42)(H,43,44). The van der Waals surface area contributed by atoms with E-state index in [1.165, 1.54) is 18.2 Å². The second-order valence-corrected chi connectivity index (χ2v) is 11.9. The molecule has 0 heterocycles. The molecule has 4 rings (SSSR count). The number of fused-ring (bicyclic) bond motifs is 2. The van der Waals surface area contributed by atoms with Gasteiger partial charge in [-0.05, 0) is 59.4 Å². The van der Waals surface area contributed by atoms with Gasteiger partial charge in [0, 0.05) is 41.3 Å². The Morgan fingerprint density at radius 2 is 1.63 bits per heavy atom. The molecule has 0 saturated carbocycles. The van der Waals surface area contributed by atoms with Crippen molar-refractivity contribution < 1.29 is 37.3 Å². The fourth-order valence-corrected chi connectivity index (χ4v) is 5.92. The third kappa shape index (κ3) is 7.22. The fourth-order valence-electron chi connectivity index (χ4n) is 5.73. The first-order valence-corrected chi connectivity index (χ1v) is 15.5. The second-order valence-electron chi connectivity index (χ2n) is 11.5. The molecule has 2 aliphatic rings. The molecule has 2 aliphatic carbocycles. The molecule has 0 aromatic heterocycles. The highest BCUT2D eigenvalue weighted by molar-refractivity contribution is 6.17. The lowest BCUT2D eigenvalue weighted by molar-refractivity contribution is 0.0468. The highest BCUT2D eigenvalue weighted by Gasteiger charge is 2.41. The first-order valence-electron chi connectivity index (χ1n) is 15.0. The van der Waals surface area contributed by atoms with E-state index in [4.69, 9.17) is 32.2 Å². The van der Waals surface area contributed by atoms with Crippen molar-refractivity contribution in [1.82, 2.24) is 5.32 Å². The Morgan fingerprint density at radius 3 is 2.33 bits per heavy atom. The van der Waals surface area contributed by atoms with Crippen LogP contribution in [0.4, 0.5) is 18.9 Å². The number of unbranched alkanes of at least 4 members (excludes halogenated alkanes) is 3. The molecular weight excluding hydrogens is 623 g/mol. The van der Waals surface area contributed by atoms with E-state index < -0.39 is 51.4 Å². The number of nitrogen functional groups attached to an aromatic ring is 1. The van der Waals surface area contributed by atoms with Gasteiger partial charge in [-0.2, -0.15) is 0 Å². The average molecular weight is 660 g/mol. The lowest BCUT2D eigenvalue weighted by Crippen LogP contribution is -2.32. The molecule has 12 heteroatoms. The Hall–Kier alpha value is -3.93. The molecule has 0 atom stereocenters. The summed E-state index contributed by atoms with van der Waals surface area (Å²) in [5, 5.41) is 20.5. The first-order chi connectivity index (χ1) is 21.9. The van der Waals surface area contributed by atoms with Gasteiger partial charge in [-0.25, -0.2) is 18.0 Å². The summed E-state index contributed by atoms with van der Waals surface area (Å²) >= 11 is 5.65. The number of halogens is 4. The smallest absolute Gasteiger partial charge is 0.339 e. The molecule has 0 radical (unpaired) electrons. The van der Waals surface area contributed by atoms with Crippen LogP contribution < -0.4 is 11.1 Å². The molecule has 0 unspecified atom stereocenters. The van der Waals surface area contributed by atoms with Crippen molar-refractivity contribution >= 4 is 40.4 Å². The number of nitrogens with two attached hydrogens (primary N) is 1. The number of carboxylic acids is 1. The largest absolute Gasteiger partial charge is 0.478 e. The molecule has 5 N–H and O–H groups in total. The Bertz CT molecular complexity index is 1630. The van der Waals surface area contributed by atoms with Crippen molar-refractivity contribution in [2.24, 2.45) is 0 Å². The van der Waals surface area contributed by atoms with Crippen LogP contribution in [0.25, 0.3) is 5.57 Å². The van der Waals surface area contributed by atoms with E-state index in [-0.39, 0.29) is 31.0 Å². The number of amides is 1. The Balaban J connectivity index is 1.63. The summed E-state index contributed by atoms with van der Waals surface area (Å²) in [5.41, 5.74) is 4.14. The quantitative estimate of drug-likeness (QED) is 0.0741. The van der Waals surface area contributed by atoms with E-state index in [1.54, 1.807) is 18.2 Å². The lowest BCUT2D eigenvalue weighted by Gasteiger charge is -2.39. The fraction of sp³-hybridized carbons (Fsp3) is 0.382. The second kappa shape index (κ2) is 15.1. The molecule has 2 aromatic carbocycles. The minimum Gasteiger partial charge on any atom is -0.478 e. The van der Waals surface area contributed by atoms with E-state index >= 15 is 13.2 Å². The number of allylic oxidation sites excluding steroid dienone is 5. The van der Waals surface area contributed by atoms with Crippen molar-refractivity contribution in [3.63, 3.8) is 0 Å². The van der Waals surface area contributed by atoms with Gasteiger partial charge in [0.25, 0.3) is 5.91 Å². The van der Waals surface area contributed by atoms with Crippen LogP contribution in [0.15, 0.2) is 47.6 Å². The number of hydrogen-bond acceptors (Lipinski definition) is 6. The number of rotatable bonds is 15. The molecule has 46 heavy (non-hydrogen) atoms. The molecule has 1 amide bonds. The van der Waals surface area contributed by atoms with Crippen LogP contribution in [0.2, 0.25) is 0 Å². The van der Waals surface area contributed by atoms with E-state index in [1.807, 2.05) is 13.8 Å². The molecular formula is C34H37ClF3N3O5. The lowest BCUT2D eigenvalue weighted by atomic mass is 9.64. The van der Waals surface area contributed by atoms with Crippen molar-refractivity contribution in [3.05, 3.63) is 92.8 Å². The van der Waals surface area contributed by atoms with E-state index in [2.05, 4.69) is 5.32 Å². The summed E-state index contributed by atoms with van der Waals surface area (Å²) in [5.74, 6) is -7.90. The number of nitrogens with one attached hydrogen (secondary N) is 2. The number of hydrogen-bond donors (Lipinski definition) is 4. The van der Waals surface area contributed by atoms with E-state index in [0.29, 0.717) is 47.1 Å². The molecule has 0 saturated heterocycles. The number of carboxylic acid groups (broad SMARTS) is 1. The monoisotopic (exact) mass is 659 g/mol. The first kappa shape index (κ1) is 34.9. The number of carbonyl (C=O) groups excluding carboxylic acids is 1. The van der Waals surface area contributed by atoms with Crippen molar-refractivity contribution in [1.29, 1.82) is 5.41 Å². The van der Waals surface area contributed by atoms with Gasteiger partial charge in [-0.3, -0.25) is 4.79 Å². The predicted molar refractivity (Wildman–Crippen MR) is 171 cm³/mol. The predicted octanol–water partition coefficient (Wildman–Crippen LogP) is 6.56. The minimum absolute atomic E-state index is 0.0132. The molecule has 0 aliphatic heterocycles. The van der Waals surface area contributed by atoms with Crippen LogP contribution in [0, 0.1) is 22.9 Å². The van der Waals surface area contributed by atoms with E-state index in [0.717, 1.165) is 25.7 Å². The van der Waals surface area contributed by atoms with Crippen molar-refractivity contribution in [2.75, 3.05) is 44.6 Å². The number of aromatic carboxylic acids is 1. The van der Waals surface area contributed by atoms with Crippen molar-refractivity contribution in [2.45, 2.75) is 44.9 Å². The van der Waals surface area contributed by atoms with Crippen LogP contribution in [0.5, 0.6) is 0 Å².